The number of fused-ring (bicyclic) bond motifs is 5. The van der Waals surface area contributed by atoms with Gasteiger partial charge in [0.05, 0.1) is 11.0 Å². The molecule has 11 rings (SSSR count). The number of hydrogen-bond donors (Lipinski definition) is 0. The van der Waals surface area contributed by atoms with Crippen LogP contribution >= 0.6 is 0 Å². The third-order valence-electron chi connectivity index (χ3n) is 11.6. The minimum Gasteiger partial charge on any atom is -0.310 e. The lowest BCUT2D eigenvalue weighted by atomic mass is 9.90. The molecule has 0 bridgehead atoms. The van der Waals surface area contributed by atoms with Gasteiger partial charge in [0, 0.05) is 33.5 Å². The van der Waals surface area contributed by atoms with Crippen LogP contribution in [0.25, 0.3) is 82.4 Å². The molecule has 0 unspecified atom stereocenters. The molecule has 58 heavy (non-hydrogen) atoms. The number of anilines is 3. The zero-order chi connectivity index (χ0) is 38.4. The van der Waals surface area contributed by atoms with E-state index in [-0.39, 0.29) is 0 Å². The molecule has 0 aliphatic rings. The van der Waals surface area contributed by atoms with Crippen molar-refractivity contribution in [3.63, 3.8) is 0 Å². The highest BCUT2D eigenvalue weighted by molar-refractivity contribution is 6.10. The van der Waals surface area contributed by atoms with E-state index < -0.39 is 0 Å². The topological polar surface area (TPSA) is 8.17 Å². The number of para-hydroxylation sites is 3. The predicted molar refractivity (Wildman–Crippen MR) is 247 cm³/mol. The maximum atomic E-state index is 2.38. The van der Waals surface area contributed by atoms with Crippen LogP contribution < -0.4 is 4.90 Å². The zero-order valence-electron chi connectivity index (χ0n) is 31.8. The van der Waals surface area contributed by atoms with Gasteiger partial charge in [0.2, 0.25) is 0 Å². The van der Waals surface area contributed by atoms with E-state index in [1.807, 2.05) is 0 Å². The summed E-state index contributed by atoms with van der Waals surface area (Å²) in [5.74, 6) is 0. The molecule has 0 radical (unpaired) electrons. The molecule has 11 aromatic rings. The van der Waals surface area contributed by atoms with E-state index in [9.17, 15) is 0 Å². The second-order valence-corrected chi connectivity index (χ2v) is 15.0. The van der Waals surface area contributed by atoms with Gasteiger partial charge in [-0.25, -0.2) is 0 Å². The third-order valence-corrected chi connectivity index (χ3v) is 11.6. The third kappa shape index (κ3) is 5.82. The summed E-state index contributed by atoms with van der Waals surface area (Å²) in [5.41, 5.74) is 14.1. The summed E-state index contributed by atoms with van der Waals surface area (Å²) >= 11 is 0. The van der Waals surface area contributed by atoms with E-state index in [0.29, 0.717) is 0 Å². The highest BCUT2D eigenvalue weighted by Crippen LogP contribution is 2.40. The van der Waals surface area contributed by atoms with Crippen molar-refractivity contribution in [2.75, 3.05) is 4.90 Å². The van der Waals surface area contributed by atoms with Gasteiger partial charge in [-0.1, -0.05) is 170 Å². The molecule has 10 aromatic carbocycles. The fourth-order valence-electron chi connectivity index (χ4n) is 8.82. The molecule has 272 valence electrons. The number of aromatic nitrogens is 1. The lowest BCUT2D eigenvalue weighted by Gasteiger charge is -2.26. The first-order valence-electron chi connectivity index (χ1n) is 19.9. The van der Waals surface area contributed by atoms with Gasteiger partial charge in [-0.05, 0) is 116 Å². The SMILES string of the molecule is c1ccc(N(c2ccc(-c3ccc(-c4cccc5cccc(-c6ccc7ccccc7c6)c45)cc3)cc2)c2cccc(-n3c4ccccc4c4ccccc43)c2)cc1. The molecule has 0 fully saturated rings. The van der Waals surface area contributed by atoms with Crippen molar-refractivity contribution in [2.45, 2.75) is 0 Å². The van der Waals surface area contributed by atoms with E-state index in [1.165, 1.54) is 76.7 Å². The first kappa shape index (κ1) is 33.6. The van der Waals surface area contributed by atoms with Crippen LogP contribution in [0.15, 0.2) is 231 Å². The molecule has 2 nitrogen and oxygen atoms in total. The quantitative estimate of drug-likeness (QED) is 0.158. The Balaban J connectivity index is 0.942. The first-order chi connectivity index (χ1) is 28.8. The van der Waals surface area contributed by atoms with Crippen LogP contribution in [0.5, 0.6) is 0 Å². The van der Waals surface area contributed by atoms with Crippen LogP contribution in [-0.2, 0) is 0 Å². The van der Waals surface area contributed by atoms with Gasteiger partial charge < -0.3 is 9.47 Å². The van der Waals surface area contributed by atoms with Crippen LogP contribution in [0.1, 0.15) is 0 Å². The Morgan fingerprint density at radius 2 is 0.793 bits per heavy atom. The Bertz CT molecular complexity index is 3210. The molecule has 0 N–H and O–H groups in total. The highest BCUT2D eigenvalue weighted by atomic mass is 15.1. The molecular weight excluding hydrogens is 701 g/mol. The van der Waals surface area contributed by atoms with Crippen LogP contribution in [0.3, 0.4) is 0 Å². The van der Waals surface area contributed by atoms with Crippen molar-refractivity contribution in [3.8, 4) is 39.1 Å². The van der Waals surface area contributed by atoms with E-state index in [1.54, 1.807) is 0 Å². The van der Waals surface area contributed by atoms with Gasteiger partial charge in [0.25, 0.3) is 0 Å². The van der Waals surface area contributed by atoms with E-state index >= 15 is 0 Å². The maximum absolute atomic E-state index is 2.38. The minimum absolute atomic E-state index is 1.10. The lowest BCUT2D eigenvalue weighted by molar-refractivity contribution is 1.17. The van der Waals surface area contributed by atoms with Gasteiger partial charge in [-0.3, -0.25) is 0 Å². The first-order valence-corrected chi connectivity index (χ1v) is 19.9. The van der Waals surface area contributed by atoms with Crippen molar-refractivity contribution in [3.05, 3.63) is 231 Å². The van der Waals surface area contributed by atoms with Crippen molar-refractivity contribution in [2.24, 2.45) is 0 Å². The van der Waals surface area contributed by atoms with Crippen molar-refractivity contribution < 1.29 is 0 Å². The molecule has 0 saturated carbocycles. The summed E-state index contributed by atoms with van der Waals surface area (Å²) in [6, 6.07) is 83.6. The Morgan fingerprint density at radius 3 is 1.50 bits per heavy atom. The minimum atomic E-state index is 1.10. The highest BCUT2D eigenvalue weighted by Gasteiger charge is 2.17. The smallest absolute Gasteiger partial charge is 0.0541 e. The largest absolute Gasteiger partial charge is 0.310 e. The van der Waals surface area contributed by atoms with Gasteiger partial charge in [-0.15, -0.1) is 0 Å². The van der Waals surface area contributed by atoms with Crippen LogP contribution in [0.4, 0.5) is 17.1 Å². The molecule has 2 heteroatoms. The normalized spacial score (nSPS) is 11.4. The molecular formula is C56H38N2. The van der Waals surface area contributed by atoms with Gasteiger partial charge in [0.1, 0.15) is 0 Å². The average molecular weight is 739 g/mol. The molecule has 0 saturated heterocycles. The second-order valence-electron chi connectivity index (χ2n) is 15.0. The summed E-state index contributed by atoms with van der Waals surface area (Å²) in [6.45, 7) is 0. The van der Waals surface area contributed by atoms with Crippen LogP contribution in [0, 0.1) is 0 Å². The Kier molecular flexibility index (Phi) is 8.19. The Morgan fingerprint density at radius 1 is 0.293 bits per heavy atom. The average Bonchev–Trinajstić information content (AvgIpc) is 3.64. The second kappa shape index (κ2) is 14.1. The predicted octanol–water partition coefficient (Wildman–Crippen LogP) is 15.6. The van der Waals surface area contributed by atoms with E-state index in [4.69, 9.17) is 0 Å². The fourth-order valence-corrected chi connectivity index (χ4v) is 8.82. The number of benzene rings is 10. The number of hydrogen-bond acceptors (Lipinski definition) is 1. The molecule has 0 atom stereocenters. The summed E-state index contributed by atoms with van der Waals surface area (Å²) in [5, 5.41) is 7.55. The van der Waals surface area contributed by atoms with Gasteiger partial charge in [0.15, 0.2) is 0 Å². The van der Waals surface area contributed by atoms with Crippen LogP contribution in [0.2, 0.25) is 0 Å². The summed E-state index contributed by atoms with van der Waals surface area (Å²) in [4.78, 5) is 2.35. The van der Waals surface area contributed by atoms with E-state index in [0.717, 1.165) is 22.7 Å². The molecule has 1 aromatic heterocycles. The summed E-state index contributed by atoms with van der Waals surface area (Å²) in [7, 11) is 0. The number of nitrogens with zero attached hydrogens (tertiary/aromatic N) is 2. The van der Waals surface area contributed by atoms with E-state index in [2.05, 4.69) is 240 Å². The molecule has 0 amide bonds. The van der Waals surface area contributed by atoms with Gasteiger partial charge >= 0.3 is 0 Å². The Labute approximate surface area is 338 Å². The maximum Gasteiger partial charge on any atom is 0.0541 e. The molecule has 0 spiro atoms. The summed E-state index contributed by atoms with van der Waals surface area (Å²) < 4.78 is 2.38. The van der Waals surface area contributed by atoms with Gasteiger partial charge in [-0.2, -0.15) is 0 Å². The van der Waals surface area contributed by atoms with Crippen LogP contribution in [-0.4, -0.2) is 4.57 Å². The monoisotopic (exact) mass is 738 g/mol. The molecule has 0 aliphatic heterocycles. The Hall–Kier alpha value is -7.68. The standard InChI is InChI=1S/C56H38N2/c1-2-17-46(18-3-1)57(48-19-12-20-49(38-48)58-54-25-8-6-21-52(54)53-22-7-9-26-55(53)58)47-35-33-41(34-36-47)40-27-30-42(31-28-40)50-23-10-15-43-16-11-24-51(56(43)50)45-32-29-39-13-4-5-14-44(39)37-45/h1-38H. The molecule has 1 heterocycles. The van der Waals surface area contributed by atoms with Crippen molar-refractivity contribution in [1.29, 1.82) is 0 Å². The molecule has 0 aliphatic carbocycles. The zero-order valence-corrected chi connectivity index (χ0v) is 31.8. The van der Waals surface area contributed by atoms with Crippen molar-refractivity contribution >= 4 is 60.4 Å². The fraction of sp³-hybridized carbons (Fsp3) is 0. The summed E-state index contributed by atoms with van der Waals surface area (Å²) in [6.07, 6.45) is 0. The number of rotatable bonds is 7. The lowest BCUT2D eigenvalue weighted by Crippen LogP contribution is -2.10. The van der Waals surface area contributed by atoms with Crippen molar-refractivity contribution in [1.82, 2.24) is 4.57 Å².